The minimum Gasteiger partial charge on any atom is -0.263 e. The molecule has 2 atom stereocenters. The van der Waals surface area contributed by atoms with Crippen molar-refractivity contribution in [1.82, 2.24) is 0 Å². The molecule has 0 aliphatic heterocycles. The van der Waals surface area contributed by atoms with Gasteiger partial charge in [-0.25, -0.2) is 4.39 Å². The number of thiol groups is 1. The predicted molar refractivity (Wildman–Crippen MR) is 35.0 cm³/mol. The molecule has 0 aromatic carbocycles. The van der Waals surface area contributed by atoms with Crippen LogP contribution in [0.1, 0.15) is 13.3 Å². The van der Waals surface area contributed by atoms with Gasteiger partial charge in [0.2, 0.25) is 0 Å². The summed E-state index contributed by atoms with van der Waals surface area (Å²) in [6, 6.07) is 0. The number of halogens is 1. The maximum absolute atomic E-state index is 12.3. The third kappa shape index (κ3) is 2.64. The molecule has 0 heterocycles. The lowest BCUT2D eigenvalue weighted by Gasteiger charge is -2.04. The van der Waals surface area contributed by atoms with Crippen LogP contribution < -0.4 is 0 Å². The minimum absolute atomic E-state index is 0.134. The molecule has 0 amide bonds. The molecule has 0 spiro atoms. The van der Waals surface area contributed by atoms with Crippen molar-refractivity contribution in [3.05, 3.63) is 10.1 Å². The van der Waals surface area contributed by atoms with E-state index in [9.17, 15) is 14.5 Å². The summed E-state index contributed by atoms with van der Waals surface area (Å²) in [5, 5.41) is 8.42. The van der Waals surface area contributed by atoms with Crippen LogP contribution in [0.15, 0.2) is 0 Å². The summed E-state index contributed by atoms with van der Waals surface area (Å²) >= 11 is 3.43. The molecular weight excluding hydrogens is 145 g/mol. The third-order valence-electron chi connectivity index (χ3n) is 0.930. The van der Waals surface area contributed by atoms with Crippen LogP contribution >= 0.6 is 12.6 Å². The Balaban J connectivity index is 3.72. The molecule has 0 radical (unpaired) electrons. The van der Waals surface area contributed by atoms with Gasteiger partial charge in [-0.2, -0.15) is 0 Å². The molecule has 0 aliphatic carbocycles. The van der Waals surface area contributed by atoms with E-state index >= 15 is 0 Å². The van der Waals surface area contributed by atoms with Crippen LogP contribution in [0.5, 0.6) is 0 Å². The topological polar surface area (TPSA) is 43.1 Å². The summed E-state index contributed by atoms with van der Waals surface area (Å²) in [7, 11) is 0. The zero-order valence-electron chi connectivity index (χ0n) is 4.95. The Bertz CT molecular complexity index is 111. The second-order valence-electron chi connectivity index (χ2n) is 1.62. The lowest BCUT2D eigenvalue weighted by molar-refractivity contribution is -0.502. The number of alkyl halides is 1. The van der Waals surface area contributed by atoms with Crippen LogP contribution in [0.3, 0.4) is 0 Å². The van der Waals surface area contributed by atoms with Crippen LogP contribution in [0.25, 0.3) is 0 Å². The highest BCUT2D eigenvalue weighted by Crippen LogP contribution is 2.09. The zero-order valence-corrected chi connectivity index (χ0v) is 5.85. The normalized spacial score (nSPS) is 16.8. The van der Waals surface area contributed by atoms with E-state index in [2.05, 4.69) is 12.6 Å². The van der Waals surface area contributed by atoms with Gasteiger partial charge in [-0.15, -0.1) is 0 Å². The van der Waals surface area contributed by atoms with Gasteiger partial charge in [-0.1, -0.05) is 19.6 Å². The molecule has 5 heteroatoms. The SMILES string of the molecule is CC[C@H](F)C(S)[N+](=O)[O-]. The highest BCUT2D eigenvalue weighted by atomic mass is 32.1. The number of nitrogens with zero attached hydrogens (tertiary/aromatic N) is 1. The van der Waals surface area contributed by atoms with Crippen LogP contribution in [0.2, 0.25) is 0 Å². The fourth-order valence-electron chi connectivity index (χ4n) is 0.343. The van der Waals surface area contributed by atoms with Gasteiger partial charge >= 0.3 is 0 Å². The Hall–Kier alpha value is -0.320. The maximum atomic E-state index is 12.3. The first kappa shape index (κ1) is 8.68. The van der Waals surface area contributed by atoms with Gasteiger partial charge in [0.25, 0.3) is 5.37 Å². The van der Waals surface area contributed by atoms with Crippen molar-refractivity contribution in [1.29, 1.82) is 0 Å². The molecule has 0 aromatic rings. The van der Waals surface area contributed by atoms with E-state index in [4.69, 9.17) is 0 Å². The first-order chi connectivity index (χ1) is 4.09. The van der Waals surface area contributed by atoms with Gasteiger partial charge < -0.3 is 0 Å². The molecular formula is C4H8FNO2S. The van der Waals surface area contributed by atoms with Crippen molar-refractivity contribution in [2.45, 2.75) is 24.9 Å². The molecule has 0 saturated carbocycles. The molecule has 1 unspecified atom stereocenters. The molecule has 54 valence electrons. The Labute approximate surface area is 57.8 Å². The average Bonchev–Trinajstić information content (AvgIpc) is 1.84. The molecule has 0 rings (SSSR count). The number of nitro groups is 1. The fourth-order valence-corrected chi connectivity index (χ4v) is 0.554. The van der Waals surface area contributed by atoms with Crippen LogP contribution in [-0.4, -0.2) is 16.5 Å². The third-order valence-corrected chi connectivity index (χ3v) is 1.44. The Morgan fingerprint density at radius 2 is 2.33 bits per heavy atom. The Morgan fingerprint density at radius 1 is 1.89 bits per heavy atom. The van der Waals surface area contributed by atoms with Crippen molar-refractivity contribution >= 4 is 12.6 Å². The molecule has 0 fully saturated rings. The average molecular weight is 153 g/mol. The molecule has 0 saturated heterocycles. The molecule has 3 nitrogen and oxygen atoms in total. The highest BCUT2D eigenvalue weighted by molar-refractivity contribution is 7.80. The van der Waals surface area contributed by atoms with Crippen molar-refractivity contribution < 1.29 is 9.31 Å². The van der Waals surface area contributed by atoms with Gasteiger partial charge in [-0.05, 0) is 6.42 Å². The van der Waals surface area contributed by atoms with E-state index in [1.807, 2.05) is 0 Å². The van der Waals surface area contributed by atoms with Crippen LogP contribution in [0, 0.1) is 10.1 Å². The standard InChI is InChI=1S/C4H8FNO2S/c1-2-3(5)4(9)6(7)8/h3-4,9H,2H2,1H3/t3-,4?/m0/s1. The second-order valence-corrected chi connectivity index (χ2v) is 2.15. The van der Waals surface area contributed by atoms with Crippen molar-refractivity contribution in [3.63, 3.8) is 0 Å². The van der Waals surface area contributed by atoms with E-state index in [1.54, 1.807) is 0 Å². The van der Waals surface area contributed by atoms with Gasteiger partial charge in [0, 0.05) is 4.92 Å². The van der Waals surface area contributed by atoms with E-state index in [1.165, 1.54) is 6.92 Å². The summed E-state index contributed by atoms with van der Waals surface area (Å²) in [5.41, 5.74) is 0. The fraction of sp³-hybridized carbons (Fsp3) is 1.00. The van der Waals surface area contributed by atoms with Gasteiger partial charge in [-0.3, -0.25) is 10.1 Å². The zero-order chi connectivity index (χ0) is 7.44. The first-order valence-corrected chi connectivity index (χ1v) is 3.06. The van der Waals surface area contributed by atoms with Crippen molar-refractivity contribution in [2.75, 3.05) is 0 Å². The first-order valence-electron chi connectivity index (χ1n) is 2.55. The Kier molecular flexibility index (Phi) is 3.53. The predicted octanol–water partition coefficient (Wildman–Crippen LogP) is 1.27. The smallest absolute Gasteiger partial charge is 0.263 e. The molecule has 9 heavy (non-hydrogen) atoms. The van der Waals surface area contributed by atoms with Crippen molar-refractivity contribution in [2.24, 2.45) is 0 Å². The molecule has 0 aliphatic rings. The summed E-state index contributed by atoms with van der Waals surface area (Å²) in [6.07, 6.45) is -1.31. The monoisotopic (exact) mass is 153 g/mol. The van der Waals surface area contributed by atoms with Crippen molar-refractivity contribution in [3.8, 4) is 0 Å². The molecule has 0 bridgehead atoms. The van der Waals surface area contributed by atoms with Crippen LogP contribution in [0.4, 0.5) is 4.39 Å². The van der Waals surface area contributed by atoms with E-state index in [0.29, 0.717) is 0 Å². The number of hydrogen-bond donors (Lipinski definition) is 1. The number of hydrogen-bond acceptors (Lipinski definition) is 3. The second kappa shape index (κ2) is 3.66. The van der Waals surface area contributed by atoms with E-state index in [0.717, 1.165) is 0 Å². The molecule has 0 N–H and O–H groups in total. The summed E-state index contributed by atoms with van der Waals surface area (Å²) < 4.78 is 12.3. The summed E-state index contributed by atoms with van der Waals surface area (Å²) in [6.45, 7) is 1.54. The number of rotatable bonds is 3. The lowest BCUT2D eigenvalue weighted by Crippen LogP contribution is -2.23. The van der Waals surface area contributed by atoms with Gasteiger partial charge in [0.05, 0.1) is 0 Å². The van der Waals surface area contributed by atoms with Gasteiger partial charge in [0.15, 0.2) is 6.17 Å². The summed E-state index contributed by atoms with van der Waals surface area (Å²) in [4.78, 5) is 9.05. The quantitative estimate of drug-likeness (QED) is 0.287. The Morgan fingerprint density at radius 3 is 2.44 bits per heavy atom. The highest BCUT2D eigenvalue weighted by Gasteiger charge is 2.24. The van der Waals surface area contributed by atoms with E-state index < -0.39 is 16.5 Å². The van der Waals surface area contributed by atoms with E-state index in [-0.39, 0.29) is 6.42 Å². The summed E-state index contributed by atoms with van der Waals surface area (Å²) in [5.74, 6) is 0. The van der Waals surface area contributed by atoms with Crippen LogP contribution in [-0.2, 0) is 0 Å². The molecule has 0 aromatic heterocycles. The van der Waals surface area contributed by atoms with Gasteiger partial charge in [0.1, 0.15) is 0 Å². The maximum Gasteiger partial charge on any atom is 0.286 e. The minimum atomic E-state index is -1.44. The largest absolute Gasteiger partial charge is 0.286 e. The lowest BCUT2D eigenvalue weighted by atomic mass is 10.3.